The fourth-order valence-electron chi connectivity index (χ4n) is 3.20. The van der Waals surface area contributed by atoms with Crippen molar-refractivity contribution in [2.24, 2.45) is 0 Å². The molecule has 1 amide bonds. The molecule has 1 saturated carbocycles. The van der Waals surface area contributed by atoms with Gasteiger partial charge in [0.05, 0.1) is 15.6 Å². The molecule has 0 atom stereocenters. The van der Waals surface area contributed by atoms with E-state index in [1.807, 2.05) is 0 Å². The Morgan fingerprint density at radius 2 is 1.78 bits per heavy atom. The average Bonchev–Trinajstić information content (AvgIpc) is 3.10. The van der Waals surface area contributed by atoms with Crippen molar-refractivity contribution < 1.29 is 13.2 Å². The Morgan fingerprint density at radius 1 is 1.15 bits per heavy atom. The van der Waals surface area contributed by atoms with Crippen molar-refractivity contribution in [3.05, 3.63) is 27.7 Å². The maximum atomic E-state index is 12.7. The van der Waals surface area contributed by atoms with E-state index in [1.165, 1.54) is 12.1 Å². The molecule has 0 heterocycles. The summed E-state index contributed by atoms with van der Waals surface area (Å²) in [4.78, 5) is 14.5. The third-order valence-electron chi connectivity index (χ3n) is 4.84. The molecule has 9 heteroatoms. The SMILES string of the molecule is CCN(CC)CCNC(=O)c1cc(S(=O)(=O)NC2CCCC2)c(Cl)cc1Cl. The first kappa shape index (κ1) is 22.4. The van der Waals surface area contributed by atoms with E-state index in [0.717, 1.165) is 38.8 Å². The summed E-state index contributed by atoms with van der Waals surface area (Å²) in [6, 6.07) is 2.48. The summed E-state index contributed by atoms with van der Waals surface area (Å²) in [5.74, 6) is -0.416. The van der Waals surface area contributed by atoms with E-state index in [-0.39, 0.29) is 26.5 Å². The number of hydrogen-bond acceptors (Lipinski definition) is 4. The van der Waals surface area contributed by atoms with Gasteiger partial charge in [-0.15, -0.1) is 0 Å². The zero-order chi connectivity index (χ0) is 20.0. The van der Waals surface area contributed by atoms with Crippen LogP contribution in [0.5, 0.6) is 0 Å². The fraction of sp³-hybridized carbons (Fsp3) is 0.611. The number of hydrogen-bond donors (Lipinski definition) is 2. The zero-order valence-corrected chi connectivity index (χ0v) is 18.1. The smallest absolute Gasteiger partial charge is 0.252 e. The highest BCUT2D eigenvalue weighted by molar-refractivity contribution is 7.89. The Hall–Kier alpha value is -0.860. The molecule has 0 bridgehead atoms. The number of halogens is 2. The molecule has 6 nitrogen and oxygen atoms in total. The molecule has 1 fully saturated rings. The Kier molecular flexibility index (Phi) is 8.37. The number of carbonyl (C=O) groups is 1. The van der Waals surface area contributed by atoms with Gasteiger partial charge in [-0.1, -0.05) is 49.9 Å². The molecule has 1 aromatic rings. The van der Waals surface area contributed by atoms with E-state index in [1.54, 1.807) is 0 Å². The monoisotopic (exact) mass is 435 g/mol. The van der Waals surface area contributed by atoms with Gasteiger partial charge in [-0.2, -0.15) is 0 Å². The quantitative estimate of drug-likeness (QED) is 0.623. The van der Waals surface area contributed by atoms with Crippen LogP contribution < -0.4 is 10.0 Å². The van der Waals surface area contributed by atoms with Crippen LogP contribution >= 0.6 is 23.2 Å². The largest absolute Gasteiger partial charge is 0.351 e. The van der Waals surface area contributed by atoms with Crippen LogP contribution in [0.25, 0.3) is 0 Å². The van der Waals surface area contributed by atoms with Gasteiger partial charge in [0.15, 0.2) is 0 Å². The first-order valence-corrected chi connectivity index (χ1v) is 11.5. The van der Waals surface area contributed by atoms with E-state index in [2.05, 4.69) is 28.8 Å². The van der Waals surface area contributed by atoms with E-state index >= 15 is 0 Å². The molecule has 152 valence electrons. The fourth-order valence-corrected chi connectivity index (χ4v) is 5.36. The predicted octanol–water partition coefficient (Wildman–Crippen LogP) is 3.29. The van der Waals surface area contributed by atoms with Crippen LogP contribution in [0.2, 0.25) is 10.0 Å². The first-order chi connectivity index (χ1) is 12.8. The van der Waals surface area contributed by atoms with Crippen molar-refractivity contribution >= 4 is 39.1 Å². The molecule has 0 aliphatic heterocycles. The van der Waals surface area contributed by atoms with Crippen LogP contribution in [-0.2, 0) is 10.0 Å². The second-order valence-electron chi connectivity index (χ2n) is 6.65. The van der Waals surface area contributed by atoms with Crippen molar-refractivity contribution in [1.82, 2.24) is 14.9 Å². The van der Waals surface area contributed by atoms with Gasteiger partial charge in [0.1, 0.15) is 4.90 Å². The Bertz CT molecular complexity index is 761. The number of nitrogens with zero attached hydrogens (tertiary/aromatic N) is 1. The van der Waals surface area contributed by atoms with E-state index in [9.17, 15) is 13.2 Å². The minimum absolute atomic E-state index is 0.00480. The van der Waals surface area contributed by atoms with Crippen molar-refractivity contribution in [1.29, 1.82) is 0 Å². The minimum atomic E-state index is -3.82. The van der Waals surface area contributed by atoms with E-state index in [0.29, 0.717) is 13.1 Å². The number of rotatable bonds is 9. The van der Waals surface area contributed by atoms with Crippen LogP contribution in [0, 0.1) is 0 Å². The van der Waals surface area contributed by atoms with Gasteiger partial charge >= 0.3 is 0 Å². The standard InChI is InChI=1S/C18H27Cl2N3O3S/c1-3-23(4-2)10-9-21-18(24)14-11-17(16(20)12-15(14)19)27(25,26)22-13-7-5-6-8-13/h11-13,22H,3-10H2,1-2H3,(H,21,24). The molecule has 2 N–H and O–H groups in total. The Labute approximate surface area is 171 Å². The van der Waals surface area contributed by atoms with Gasteiger partial charge in [0.2, 0.25) is 10.0 Å². The van der Waals surface area contributed by atoms with Gasteiger partial charge in [-0.25, -0.2) is 13.1 Å². The molecule has 0 aromatic heterocycles. The number of carbonyl (C=O) groups excluding carboxylic acids is 1. The van der Waals surface area contributed by atoms with Crippen LogP contribution in [0.4, 0.5) is 0 Å². The minimum Gasteiger partial charge on any atom is -0.351 e. The van der Waals surface area contributed by atoms with Crippen molar-refractivity contribution in [2.45, 2.75) is 50.5 Å². The lowest BCUT2D eigenvalue weighted by atomic mass is 10.2. The second-order valence-corrected chi connectivity index (χ2v) is 9.14. The third-order valence-corrected chi connectivity index (χ3v) is 7.14. The zero-order valence-electron chi connectivity index (χ0n) is 15.7. The van der Waals surface area contributed by atoms with Gasteiger partial charge in [0, 0.05) is 19.1 Å². The van der Waals surface area contributed by atoms with E-state index < -0.39 is 15.9 Å². The lowest BCUT2D eigenvalue weighted by molar-refractivity contribution is 0.0949. The average molecular weight is 436 g/mol. The van der Waals surface area contributed by atoms with Crippen LogP contribution in [0.3, 0.4) is 0 Å². The van der Waals surface area contributed by atoms with Crippen molar-refractivity contribution in [3.8, 4) is 0 Å². The van der Waals surface area contributed by atoms with E-state index in [4.69, 9.17) is 23.2 Å². The van der Waals surface area contributed by atoms with Gasteiger partial charge < -0.3 is 10.2 Å². The first-order valence-electron chi connectivity index (χ1n) is 9.30. The molecule has 27 heavy (non-hydrogen) atoms. The molecule has 0 saturated heterocycles. The second kappa shape index (κ2) is 10.1. The molecule has 0 spiro atoms. The summed E-state index contributed by atoms with van der Waals surface area (Å²) < 4.78 is 28.1. The van der Waals surface area contributed by atoms with Crippen molar-refractivity contribution in [2.75, 3.05) is 26.2 Å². The van der Waals surface area contributed by atoms with Crippen LogP contribution in [0.15, 0.2) is 17.0 Å². The predicted molar refractivity (Wildman–Crippen MR) is 109 cm³/mol. The highest BCUT2D eigenvalue weighted by atomic mass is 35.5. The highest BCUT2D eigenvalue weighted by Crippen LogP contribution is 2.30. The summed E-state index contributed by atoms with van der Waals surface area (Å²) in [6.45, 7) is 7.04. The molecule has 2 rings (SSSR count). The molecular weight excluding hydrogens is 409 g/mol. The maximum absolute atomic E-state index is 12.7. The number of benzene rings is 1. The molecule has 0 unspecified atom stereocenters. The molecule has 1 aliphatic carbocycles. The summed E-state index contributed by atoms with van der Waals surface area (Å²) in [7, 11) is -3.82. The molecular formula is C18H27Cl2N3O3S. The molecule has 0 radical (unpaired) electrons. The number of likely N-dealkylation sites (N-methyl/N-ethyl adjacent to an activating group) is 1. The number of sulfonamides is 1. The number of nitrogens with one attached hydrogen (secondary N) is 2. The molecule has 1 aromatic carbocycles. The summed E-state index contributed by atoms with van der Waals surface area (Å²) in [5.41, 5.74) is 0.104. The van der Waals surface area contributed by atoms with Crippen molar-refractivity contribution in [3.63, 3.8) is 0 Å². The van der Waals surface area contributed by atoms with Gasteiger partial charge in [-0.05, 0) is 38.1 Å². The normalized spacial score (nSPS) is 15.4. The summed E-state index contributed by atoms with van der Waals surface area (Å²) in [6.07, 6.45) is 3.62. The summed E-state index contributed by atoms with van der Waals surface area (Å²) >= 11 is 12.3. The van der Waals surface area contributed by atoms with Crippen LogP contribution in [-0.4, -0.2) is 51.4 Å². The summed E-state index contributed by atoms with van der Waals surface area (Å²) in [5, 5.41) is 2.92. The lowest BCUT2D eigenvalue weighted by Gasteiger charge is -2.18. The Balaban J connectivity index is 2.15. The maximum Gasteiger partial charge on any atom is 0.252 e. The third kappa shape index (κ3) is 6.06. The van der Waals surface area contributed by atoms with Gasteiger partial charge in [-0.3, -0.25) is 4.79 Å². The highest BCUT2D eigenvalue weighted by Gasteiger charge is 2.26. The lowest BCUT2D eigenvalue weighted by Crippen LogP contribution is -2.35. The Morgan fingerprint density at radius 3 is 2.37 bits per heavy atom. The number of amides is 1. The topological polar surface area (TPSA) is 78.5 Å². The van der Waals surface area contributed by atoms with Gasteiger partial charge in [0.25, 0.3) is 5.91 Å². The van der Waals surface area contributed by atoms with Crippen LogP contribution in [0.1, 0.15) is 49.9 Å². The molecule has 1 aliphatic rings.